The first-order chi connectivity index (χ1) is 18.1. The molecule has 0 radical (unpaired) electrons. The van der Waals surface area contributed by atoms with Crippen LogP contribution in [0.4, 0.5) is 0 Å². The predicted octanol–water partition coefficient (Wildman–Crippen LogP) is 7.44. The third kappa shape index (κ3) is 8.46. The summed E-state index contributed by atoms with van der Waals surface area (Å²) in [6, 6.07) is 9.71. The molecule has 6 heteroatoms. The Morgan fingerprint density at radius 3 is 1.89 bits per heavy atom. The lowest BCUT2D eigenvalue weighted by Gasteiger charge is -2.32. The second-order valence-electron chi connectivity index (χ2n) is 9.72. The summed E-state index contributed by atoms with van der Waals surface area (Å²) in [6.07, 6.45) is 7.35. The van der Waals surface area contributed by atoms with Gasteiger partial charge in [0.25, 0.3) is 0 Å². The number of rotatable bonds is 17. The number of benzene rings is 2. The molecule has 37 heavy (non-hydrogen) atoms. The van der Waals surface area contributed by atoms with Gasteiger partial charge in [0.15, 0.2) is 11.5 Å². The average Bonchev–Trinajstić information content (AvgIpc) is 2.90. The summed E-state index contributed by atoms with van der Waals surface area (Å²) < 4.78 is 30.6. The molecule has 3 rings (SSSR count). The highest BCUT2D eigenvalue weighted by molar-refractivity contribution is 5.53. The van der Waals surface area contributed by atoms with Crippen LogP contribution < -0.4 is 23.7 Å². The zero-order valence-corrected chi connectivity index (χ0v) is 23.2. The van der Waals surface area contributed by atoms with Crippen LogP contribution in [0.2, 0.25) is 0 Å². The van der Waals surface area contributed by atoms with Crippen molar-refractivity contribution in [2.24, 2.45) is 0 Å². The van der Waals surface area contributed by atoms with E-state index in [1.165, 1.54) is 0 Å². The molecule has 0 bridgehead atoms. The molecule has 0 saturated heterocycles. The van der Waals surface area contributed by atoms with Crippen molar-refractivity contribution in [3.05, 3.63) is 41.5 Å². The van der Waals surface area contributed by atoms with Crippen LogP contribution in [0, 0.1) is 0 Å². The summed E-state index contributed by atoms with van der Waals surface area (Å²) >= 11 is 0. The van der Waals surface area contributed by atoms with E-state index in [-0.39, 0.29) is 0 Å². The zero-order valence-electron chi connectivity index (χ0n) is 23.2. The van der Waals surface area contributed by atoms with Gasteiger partial charge in [-0.15, -0.1) is 0 Å². The summed E-state index contributed by atoms with van der Waals surface area (Å²) in [5, 5.41) is 11.2. The van der Waals surface area contributed by atoms with Crippen LogP contribution in [0.15, 0.2) is 30.3 Å². The molecule has 0 fully saturated rings. The van der Waals surface area contributed by atoms with Crippen LogP contribution in [0.3, 0.4) is 0 Å². The van der Waals surface area contributed by atoms with Gasteiger partial charge in [-0.1, -0.05) is 59.4 Å². The highest BCUT2D eigenvalue weighted by Crippen LogP contribution is 2.44. The summed E-state index contributed by atoms with van der Waals surface area (Å²) in [5.41, 5.74) is 1.75. The van der Waals surface area contributed by atoms with E-state index >= 15 is 0 Å². The molecular formula is C31H46O6. The molecular weight excluding hydrogens is 468 g/mol. The number of aliphatic hydroxyl groups is 1. The first-order valence-corrected chi connectivity index (χ1v) is 14.3. The molecule has 0 spiro atoms. The minimum atomic E-state index is -0.719. The number of unbranched alkanes of at least 4 members (excludes halogenated alkanes) is 4. The molecule has 0 aromatic heterocycles. The normalized spacial score (nSPS) is 16.6. The SMILES string of the molecule is CCCCOc1cc(OCCCC)c2c(c1)OC(c1ccc(OCCCC)c(OCCCC)c1)[C@@H](O)C2. The van der Waals surface area contributed by atoms with Crippen molar-refractivity contribution in [1.29, 1.82) is 0 Å². The second-order valence-corrected chi connectivity index (χ2v) is 9.72. The minimum Gasteiger partial charge on any atom is -0.493 e. The Bertz CT molecular complexity index is 944. The standard InChI is InChI=1S/C31H46O6/c1-5-9-15-33-24-20-28(35-17-11-7-3)25-22-26(32)31(37-29(25)21-24)23-13-14-27(34-16-10-6-2)30(19-23)36-18-12-8-4/h13-14,19-21,26,31-32H,5-12,15-18,22H2,1-4H3/t26-,31?/m0/s1. The van der Waals surface area contributed by atoms with Crippen molar-refractivity contribution < 1.29 is 28.8 Å². The maximum Gasteiger partial charge on any atom is 0.161 e. The van der Waals surface area contributed by atoms with Crippen molar-refractivity contribution in [3.63, 3.8) is 0 Å². The smallest absolute Gasteiger partial charge is 0.161 e. The van der Waals surface area contributed by atoms with E-state index in [0.29, 0.717) is 44.3 Å². The first kappa shape index (κ1) is 29.0. The Balaban J connectivity index is 1.87. The van der Waals surface area contributed by atoms with Crippen LogP contribution in [0.25, 0.3) is 0 Å². The minimum absolute atomic E-state index is 0.442. The molecule has 206 valence electrons. The predicted molar refractivity (Wildman–Crippen MR) is 148 cm³/mol. The summed E-state index contributed by atoms with van der Waals surface area (Å²) in [6.45, 7) is 11.1. The van der Waals surface area contributed by atoms with E-state index in [0.717, 1.165) is 79.7 Å². The van der Waals surface area contributed by atoms with Crippen LogP contribution in [-0.4, -0.2) is 37.6 Å². The Morgan fingerprint density at radius 2 is 1.27 bits per heavy atom. The number of hydrogen-bond donors (Lipinski definition) is 1. The fourth-order valence-corrected chi connectivity index (χ4v) is 4.18. The van der Waals surface area contributed by atoms with Crippen LogP contribution >= 0.6 is 0 Å². The molecule has 2 atom stereocenters. The van der Waals surface area contributed by atoms with Crippen molar-refractivity contribution >= 4 is 0 Å². The van der Waals surface area contributed by atoms with Gasteiger partial charge in [0.05, 0.1) is 32.5 Å². The van der Waals surface area contributed by atoms with E-state index in [1.807, 2.05) is 30.3 Å². The maximum atomic E-state index is 11.2. The van der Waals surface area contributed by atoms with Gasteiger partial charge in [-0.2, -0.15) is 0 Å². The summed E-state index contributed by atoms with van der Waals surface area (Å²) in [7, 11) is 0. The Hall–Kier alpha value is -2.60. The van der Waals surface area contributed by atoms with Crippen LogP contribution in [-0.2, 0) is 6.42 Å². The molecule has 1 heterocycles. The molecule has 0 saturated carbocycles. The molecule has 2 aromatic rings. The summed E-state index contributed by atoms with van der Waals surface area (Å²) in [5.74, 6) is 3.60. The van der Waals surface area contributed by atoms with Gasteiger partial charge in [-0.25, -0.2) is 0 Å². The van der Waals surface area contributed by atoms with Gasteiger partial charge >= 0.3 is 0 Å². The Kier molecular flexibility index (Phi) is 12.2. The Morgan fingerprint density at radius 1 is 0.703 bits per heavy atom. The quantitative estimate of drug-likeness (QED) is 0.221. The third-order valence-electron chi connectivity index (χ3n) is 6.49. The van der Waals surface area contributed by atoms with Gasteiger partial charge in [0.1, 0.15) is 23.4 Å². The van der Waals surface area contributed by atoms with E-state index in [1.54, 1.807) is 0 Å². The van der Waals surface area contributed by atoms with E-state index in [2.05, 4.69) is 27.7 Å². The van der Waals surface area contributed by atoms with Gasteiger partial charge in [0.2, 0.25) is 0 Å². The Labute approximate surface area is 223 Å². The average molecular weight is 515 g/mol. The molecule has 1 unspecified atom stereocenters. The fraction of sp³-hybridized carbons (Fsp3) is 0.613. The van der Waals surface area contributed by atoms with E-state index in [4.69, 9.17) is 23.7 Å². The van der Waals surface area contributed by atoms with Gasteiger partial charge in [-0.3, -0.25) is 0 Å². The lowest BCUT2D eigenvalue weighted by atomic mass is 9.93. The number of fused-ring (bicyclic) bond motifs is 1. The molecule has 0 aliphatic carbocycles. The van der Waals surface area contributed by atoms with Gasteiger partial charge in [0, 0.05) is 24.1 Å². The van der Waals surface area contributed by atoms with Gasteiger partial charge < -0.3 is 28.8 Å². The molecule has 1 aliphatic heterocycles. The molecule has 6 nitrogen and oxygen atoms in total. The lowest BCUT2D eigenvalue weighted by molar-refractivity contribution is 0.0193. The first-order valence-electron chi connectivity index (χ1n) is 14.3. The molecule has 1 aliphatic rings. The second kappa shape index (κ2) is 15.6. The van der Waals surface area contributed by atoms with Crippen molar-refractivity contribution in [3.8, 4) is 28.7 Å². The molecule has 2 aromatic carbocycles. The van der Waals surface area contributed by atoms with Crippen molar-refractivity contribution in [2.75, 3.05) is 26.4 Å². The van der Waals surface area contributed by atoms with Crippen molar-refractivity contribution in [1.82, 2.24) is 0 Å². The van der Waals surface area contributed by atoms with Crippen LogP contribution in [0.5, 0.6) is 28.7 Å². The largest absolute Gasteiger partial charge is 0.493 e. The number of aliphatic hydroxyl groups excluding tert-OH is 1. The number of hydrogen-bond acceptors (Lipinski definition) is 6. The fourth-order valence-electron chi connectivity index (χ4n) is 4.18. The topological polar surface area (TPSA) is 66.4 Å². The third-order valence-corrected chi connectivity index (χ3v) is 6.49. The highest BCUT2D eigenvalue weighted by Gasteiger charge is 2.33. The van der Waals surface area contributed by atoms with E-state index < -0.39 is 12.2 Å². The van der Waals surface area contributed by atoms with Crippen molar-refractivity contribution in [2.45, 2.75) is 97.7 Å². The highest BCUT2D eigenvalue weighted by atomic mass is 16.5. The van der Waals surface area contributed by atoms with Gasteiger partial charge in [-0.05, 0) is 43.4 Å². The summed E-state index contributed by atoms with van der Waals surface area (Å²) in [4.78, 5) is 0. The zero-order chi connectivity index (χ0) is 26.5. The molecule has 0 amide bonds. The lowest BCUT2D eigenvalue weighted by Crippen LogP contribution is -2.30. The molecule has 1 N–H and O–H groups in total. The number of ether oxygens (including phenoxy) is 5. The monoisotopic (exact) mass is 514 g/mol. The van der Waals surface area contributed by atoms with E-state index in [9.17, 15) is 5.11 Å². The maximum absolute atomic E-state index is 11.2. The van der Waals surface area contributed by atoms with Crippen LogP contribution in [0.1, 0.15) is 96.3 Å².